The SMILES string of the molecule is CC(C)CSSCC(O)CO. The highest BCUT2D eigenvalue weighted by molar-refractivity contribution is 8.76. The molecule has 0 aliphatic rings. The van der Waals surface area contributed by atoms with Crippen LogP contribution in [-0.4, -0.2) is 34.4 Å². The molecule has 0 heterocycles. The molecule has 0 radical (unpaired) electrons. The topological polar surface area (TPSA) is 40.5 Å². The van der Waals surface area contributed by atoms with Crippen LogP contribution in [0.1, 0.15) is 13.8 Å². The van der Waals surface area contributed by atoms with Crippen molar-refractivity contribution >= 4 is 21.6 Å². The number of rotatable bonds is 6. The molecule has 0 aromatic carbocycles. The third-order valence-corrected chi connectivity index (χ3v) is 3.76. The van der Waals surface area contributed by atoms with Gasteiger partial charge in [0.1, 0.15) is 0 Å². The van der Waals surface area contributed by atoms with E-state index in [4.69, 9.17) is 10.2 Å². The molecule has 0 rings (SSSR count). The van der Waals surface area contributed by atoms with Gasteiger partial charge < -0.3 is 10.2 Å². The zero-order valence-electron chi connectivity index (χ0n) is 6.99. The summed E-state index contributed by atoms with van der Waals surface area (Å²) in [5.41, 5.74) is 0. The van der Waals surface area contributed by atoms with Crippen LogP contribution in [0.15, 0.2) is 0 Å². The predicted molar refractivity (Wildman–Crippen MR) is 52.8 cm³/mol. The van der Waals surface area contributed by atoms with E-state index < -0.39 is 6.10 Å². The van der Waals surface area contributed by atoms with Gasteiger partial charge in [-0.05, 0) is 5.92 Å². The Morgan fingerprint density at radius 2 is 1.73 bits per heavy atom. The van der Waals surface area contributed by atoms with Crippen LogP contribution in [0.4, 0.5) is 0 Å². The number of hydrogen-bond acceptors (Lipinski definition) is 4. The van der Waals surface area contributed by atoms with Gasteiger partial charge in [-0.15, -0.1) is 0 Å². The summed E-state index contributed by atoms with van der Waals surface area (Å²) in [6.45, 7) is 4.20. The molecule has 4 heteroatoms. The Morgan fingerprint density at radius 3 is 2.18 bits per heavy atom. The minimum absolute atomic E-state index is 0.130. The number of hydrogen-bond donors (Lipinski definition) is 2. The van der Waals surface area contributed by atoms with Gasteiger partial charge in [0.25, 0.3) is 0 Å². The first-order chi connectivity index (χ1) is 5.16. The smallest absolute Gasteiger partial charge is 0.0869 e. The molecule has 1 unspecified atom stereocenters. The highest BCUT2D eigenvalue weighted by Crippen LogP contribution is 2.24. The summed E-state index contributed by atoms with van der Waals surface area (Å²) in [4.78, 5) is 0. The van der Waals surface area contributed by atoms with E-state index in [0.717, 1.165) is 5.75 Å². The first kappa shape index (κ1) is 11.6. The summed E-state index contributed by atoms with van der Waals surface area (Å²) >= 11 is 0. The quantitative estimate of drug-likeness (QED) is 0.497. The molecular formula is C7H16O2S2. The van der Waals surface area contributed by atoms with Crippen molar-refractivity contribution < 1.29 is 10.2 Å². The second-order valence-corrected chi connectivity index (χ2v) is 5.35. The van der Waals surface area contributed by atoms with Crippen molar-refractivity contribution in [3.05, 3.63) is 0 Å². The third kappa shape index (κ3) is 8.53. The summed E-state index contributed by atoms with van der Waals surface area (Å²) in [6.07, 6.45) is -0.556. The Labute approximate surface area is 76.2 Å². The zero-order valence-corrected chi connectivity index (χ0v) is 8.62. The van der Waals surface area contributed by atoms with Crippen LogP contribution in [0, 0.1) is 5.92 Å². The predicted octanol–water partition coefficient (Wildman–Crippen LogP) is 1.38. The van der Waals surface area contributed by atoms with E-state index >= 15 is 0 Å². The van der Waals surface area contributed by atoms with E-state index in [0.29, 0.717) is 11.7 Å². The summed E-state index contributed by atoms with van der Waals surface area (Å²) < 4.78 is 0. The van der Waals surface area contributed by atoms with Gasteiger partial charge in [0.2, 0.25) is 0 Å². The summed E-state index contributed by atoms with van der Waals surface area (Å²) in [6, 6.07) is 0. The van der Waals surface area contributed by atoms with Crippen molar-refractivity contribution in [2.24, 2.45) is 5.92 Å². The molecule has 0 aromatic rings. The average molecular weight is 196 g/mol. The minimum Gasteiger partial charge on any atom is -0.394 e. The fraction of sp³-hybridized carbons (Fsp3) is 1.00. The normalized spacial score (nSPS) is 13.9. The molecule has 0 fully saturated rings. The molecule has 1 atom stereocenters. The molecule has 68 valence electrons. The monoisotopic (exact) mass is 196 g/mol. The molecule has 0 amide bonds. The van der Waals surface area contributed by atoms with Crippen molar-refractivity contribution in [1.29, 1.82) is 0 Å². The van der Waals surface area contributed by atoms with E-state index in [9.17, 15) is 0 Å². The average Bonchev–Trinajstić information content (AvgIpc) is 1.97. The molecule has 0 saturated heterocycles. The van der Waals surface area contributed by atoms with Gasteiger partial charge in [-0.2, -0.15) is 0 Å². The lowest BCUT2D eigenvalue weighted by atomic mass is 10.3. The zero-order chi connectivity index (χ0) is 8.69. The molecular weight excluding hydrogens is 180 g/mol. The van der Waals surface area contributed by atoms with Crippen LogP contribution in [-0.2, 0) is 0 Å². The van der Waals surface area contributed by atoms with Gasteiger partial charge in [-0.25, -0.2) is 0 Å². The van der Waals surface area contributed by atoms with Gasteiger partial charge in [-0.1, -0.05) is 35.4 Å². The van der Waals surface area contributed by atoms with Gasteiger partial charge in [0.05, 0.1) is 12.7 Å². The van der Waals surface area contributed by atoms with E-state index in [1.54, 1.807) is 21.6 Å². The largest absolute Gasteiger partial charge is 0.394 e. The number of aliphatic hydroxyl groups is 2. The van der Waals surface area contributed by atoms with E-state index in [2.05, 4.69) is 13.8 Å². The van der Waals surface area contributed by atoms with Crippen LogP contribution in [0.2, 0.25) is 0 Å². The van der Waals surface area contributed by atoms with Gasteiger partial charge in [0.15, 0.2) is 0 Å². The van der Waals surface area contributed by atoms with Gasteiger partial charge >= 0.3 is 0 Å². The van der Waals surface area contributed by atoms with Gasteiger partial charge in [-0.3, -0.25) is 0 Å². The molecule has 11 heavy (non-hydrogen) atoms. The van der Waals surface area contributed by atoms with Crippen molar-refractivity contribution in [3.8, 4) is 0 Å². The molecule has 0 aromatic heterocycles. The standard InChI is InChI=1S/C7H16O2S2/c1-6(2)4-10-11-5-7(9)3-8/h6-9H,3-5H2,1-2H3. The van der Waals surface area contributed by atoms with E-state index in [-0.39, 0.29) is 6.61 Å². The van der Waals surface area contributed by atoms with Crippen molar-refractivity contribution in [1.82, 2.24) is 0 Å². The molecule has 0 spiro atoms. The van der Waals surface area contributed by atoms with Crippen molar-refractivity contribution in [3.63, 3.8) is 0 Å². The first-order valence-electron chi connectivity index (χ1n) is 3.70. The molecule has 2 nitrogen and oxygen atoms in total. The van der Waals surface area contributed by atoms with E-state index in [1.807, 2.05) is 0 Å². The molecule has 0 saturated carbocycles. The lowest BCUT2D eigenvalue weighted by Crippen LogP contribution is -2.14. The fourth-order valence-corrected chi connectivity index (χ4v) is 2.96. The Bertz CT molecular complexity index is 88.5. The first-order valence-corrected chi connectivity index (χ1v) is 6.19. The maximum absolute atomic E-state index is 8.94. The third-order valence-electron chi connectivity index (χ3n) is 0.956. The second-order valence-electron chi connectivity index (χ2n) is 2.80. The van der Waals surface area contributed by atoms with Crippen molar-refractivity contribution in [2.75, 3.05) is 18.1 Å². The van der Waals surface area contributed by atoms with Gasteiger partial charge in [0, 0.05) is 11.5 Å². The number of aliphatic hydroxyl groups excluding tert-OH is 2. The summed E-state index contributed by atoms with van der Waals surface area (Å²) in [5.74, 6) is 2.41. The minimum atomic E-state index is -0.556. The maximum atomic E-state index is 8.94. The Kier molecular flexibility index (Phi) is 7.69. The van der Waals surface area contributed by atoms with Crippen LogP contribution < -0.4 is 0 Å². The lowest BCUT2D eigenvalue weighted by molar-refractivity contribution is 0.114. The molecule has 2 N–H and O–H groups in total. The molecule has 0 aliphatic carbocycles. The highest BCUT2D eigenvalue weighted by Gasteiger charge is 2.02. The van der Waals surface area contributed by atoms with E-state index in [1.165, 1.54) is 0 Å². The second kappa shape index (κ2) is 7.28. The molecule has 0 bridgehead atoms. The summed E-state index contributed by atoms with van der Waals surface area (Å²) in [7, 11) is 3.37. The van der Waals surface area contributed by atoms with Crippen LogP contribution in [0.3, 0.4) is 0 Å². The highest BCUT2D eigenvalue weighted by atomic mass is 33.1. The van der Waals surface area contributed by atoms with Crippen LogP contribution in [0.25, 0.3) is 0 Å². The lowest BCUT2D eigenvalue weighted by Gasteiger charge is -2.06. The van der Waals surface area contributed by atoms with Crippen molar-refractivity contribution in [2.45, 2.75) is 20.0 Å². The van der Waals surface area contributed by atoms with Crippen LogP contribution >= 0.6 is 21.6 Å². The van der Waals surface area contributed by atoms with Crippen LogP contribution in [0.5, 0.6) is 0 Å². The maximum Gasteiger partial charge on any atom is 0.0869 e. The Morgan fingerprint density at radius 1 is 1.18 bits per heavy atom. The Hall–Kier alpha value is 0.620. The fourth-order valence-electron chi connectivity index (χ4n) is 0.364. The summed E-state index contributed by atoms with van der Waals surface area (Å²) in [5, 5.41) is 17.4. The molecule has 0 aliphatic heterocycles. The Balaban J connectivity index is 3.01.